The summed E-state index contributed by atoms with van der Waals surface area (Å²) in [6.45, 7) is 4.06. The van der Waals surface area contributed by atoms with Crippen molar-refractivity contribution in [1.29, 1.82) is 0 Å². The third-order valence-corrected chi connectivity index (χ3v) is 5.58. The van der Waals surface area contributed by atoms with Gasteiger partial charge in [-0.1, -0.05) is 23.2 Å². The van der Waals surface area contributed by atoms with Crippen LogP contribution in [-0.2, 0) is 4.79 Å². The minimum absolute atomic E-state index is 0.00426. The number of carbonyl (C=O) groups excluding carboxylic acids is 2. The summed E-state index contributed by atoms with van der Waals surface area (Å²) in [7, 11) is 0. The van der Waals surface area contributed by atoms with Crippen molar-refractivity contribution in [2.24, 2.45) is 0 Å². The van der Waals surface area contributed by atoms with E-state index in [9.17, 15) is 14.4 Å². The van der Waals surface area contributed by atoms with Gasteiger partial charge >= 0.3 is 6.03 Å². The summed E-state index contributed by atoms with van der Waals surface area (Å²) in [6, 6.07) is 7.93. The molecule has 3 aromatic rings. The molecule has 7 nitrogen and oxygen atoms in total. The van der Waals surface area contributed by atoms with Gasteiger partial charge in [0.15, 0.2) is 0 Å². The van der Waals surface area contributed by atoms with Crippen molar-refractivity contribution in [2.75, 3.05) is 6.54 Å². The minimum atomic E-state index is -0.579. The molecule has 2 N–H and O–H groups in total. The van der Waals surface area contributed by atoms with Crippen LogP contribution in [-0.4, -0.2) is 27.6 Å². The summed E-state index contributed by atoms with van der Waals surface area (Å²) >= 11 is 13.1. The minimum Gasteiger partial charge on any atom is -0.337 e. The lowest BCUT2D eigenvalue weighted by Gasteiger charge is -2.23. The highest BCUT2D eigenvalue weighted by atomic mass is 35.5. The molecule has 2 aromatic heterocycles. The maximum atomic E-state index is 12.3. The molecule has 0 radical (unpaired) electrons. The van der Waals surface area contributed by atoms with Gasteiger partial charge < -0.3 is 14.5 Å². The molecule has 4 rings (SSSR count). The van der Waals surface area contributed by atoms with Gasteiger partial charge in [0.05, 0.1) is 32.7 Å². The van der Waals surface area contributed by atoms with Crippen LogP contribution >= 0.6 is 23.2 Å². The van der Waals surface area contributed by atoms with Crippen LogP contribution in [0.15, 0.2) is 41.3 Å². The molecule has 1 aromatic carbocycles. The predicted molar refractivity (Wildman–Crippen MR) is 112 cm³/mol. The first kappa shape index (κ1) is 19.5. The number of pyridine rings is 1. The van der Waals surface area contributed by atoms with Crippen molar-refractivity contribution in [2.45, 2.75) is 25.8 Å². The van der Waals surface area contributed by atoms with Crippen molar-refractivity contribution < 1.29 is 9.59 Å². The van der Waals surface area contributed by atoms with Crippen LogP contribution in [0.1, 0.15) is 31.4 Å². The lowest BCUT2D eigenvalue weighted by Crippen LogP contribution is -2.50. The zero-order valence-corrected chi connectivity index (χ0v) is 17.2. The Hall–Kier alpha value is -2.77. The maximum absolute atomic E-state index is 12.3. The average molecular weight is 433 g/mol. The number of carbonyl (C=O) groups is 2. The molecule has 3 heterocycles. The van der Waals surface area contributed by atoms with E-state index in [1.807, 2.05) is 30.7 Å². The Morgan fingerprint density at radius 3 is 2.34 bits per heavy atom. The number of fused-ring (bicyclic) bond motifs is 1. The van der Waals surface area contributed by atoms with Gasteiger partial charge in [0, 0.05) is 24.8 Å². The smallest absolute Gasteiger partial charge is 0.321 e. The molecular weight excluding hydrogens is 415 g/mol. The molecular formula is C20H18Cl2N4O3. The number of nitrogens with zero attached hydrogens (tertiary/aromatic N) is 2. The summed E-state index contributed by atoms with van der Waals surface area (Å²) in [5.41, 5.74) is 2.65. The number of aromatic nitrogens is 2. The number of nitrogens with one attached hydrogen (secondary N) is 2. The van der Waals surface area contributed by atoms with Gasteiger partial charge in [0.25, 0.3) is 5.56 Å². The zero-order valence-electron chi connectivity index (χ0n) is 15.7. The van der Waals surface area contributed by atoms with Crippen molar-refractivity contribution in [3.63, 3.8) is 0 Å². The summed E-state index contributed by atoms with van der Waals surface area (Å²) in [5, 5.41) is 5.55. The van der Waals surface area contributed by atoms with Crippen LogP contribution in [0, 0.1) is 0 Å². The van der Waals surface area contributed by atoms with E-state index in [-0.39, 0.29) is 18.1 Å². The lowest BCUT2D eigenvalue weighted by atomic mass is 9.96. The number of urea groups is 1. The molecule has 29 heavy (non-hydrogen) atoms. The summed E-state index contributed by atoms with van der Waals surface area (Å²) < 4.78 is 3.53. The Morgan fingerprint density at radius 2 is 1.72 bits per heavy atom. The van der Waals surface area contributed by atoms with E-state index in [0.29, 0.717) is 21.3 Å². The van der Waals surface area contributed by atoms with Crippen LogP contribution in [0.2, 0.25) is 10.0 Å². The Kier molecular flexibility index (Phi) is 4.88. The number of hydrogen-bond donors (Lipinski definition) is 2. The van der Waals surface area contributed by atoms with E-state index in [1.165, 1.54) is 6.07 Å². The van der Waals surface area contributed by atoms with Crippen LogP contribution in [0.5, 0.6) is 0 Å². The molecule has 1 unspecified atom stereocenters. The van der Waals surface area contributed by atoms with E-state index in [4.69, 9.17) is 23.2 Å². The fourth-order valence-electron chi connectivity index (χ4n) is 3.70. The molecule has 1 fully saturated rings. The van der Waals surface area contributed by atoms with Gasteiger partial charge in [-0.3, -0.25) is 14.9 Å². The number of benzene rings is 1. The molecule has 0 bridgehead atoms. The Labute approximate surface area is 176 Å². The number of imide groups is 1. The Balaban J connectivity index is 1.83. The van der Waals surface area contributed by atoms with E-state index in [1.54, 1.807) is 22.8 Å². The SMILES string of the molecule is CC(C)n1c(=O)ccc2c1ccn2-c1c(Cl)cc(C2CNC(=O)NC2=O)cc1Cl. The highest BCUT2D eigenvalue weighted by Gasteiger charge is 2.29. The molecule has 0 saturated carbocycles. The van der Waals surface area contributed by atoms with Crippen molar-refractivity contribution in [1.82, 2.24) is 19.8 Å². The topological polar surface area (TPSA) is 85.1 Å². The predicted octanol–water partition coefficient (Wildman–Crippen LogP) is 3.60. The first-order valence-electron chi connectivity index (χ1n) is 9.08. The Morgan fingerprint density at radius 1 is 1.03 bits per heavy atom. The number of amides is 3. The second kappa shape index (κ2) is 7.24. The molecule has 0 spiro atoms. The first-order valence-corrected chi connectivity index (χ1v) is 9.84. The standard InChI is InChI=1S/C20H18Cl2N4O3/c1-10(2)26-16-5-6-25(15(16)3-4-17(26)27)18-13(21)7-11(8-14(18)22)12-9-23-20(29)24-19(12)28/h3-8,10,12H,9H2,1-2H3,(H2,23,24,28,29). The molecule has 3 amide bonds. The second-order valence-electron chi connectivity index (χ2n) is 7.18. The Bertz CT molecular complexity index is 1190. The third kappa shape index (κ3) is 3.30. The third-order valence-electron chi connectivity index (χ3n) is 5.00. The highest BCUT2D eigenvalue weighted by Crippen LogP contribution is 2.35. The molecule has 9 heteroatoms. The zero-order chi connectivity index (χ0) is 20.9. The number of hydrogen-bond acceptors (Lipinski definition) is 3. The van der Waals surface area contributed by atoms with Gasteiger partial charge in [-0.15, -0.1) is 0 Å². The molecule has 150 valence electrons. The van der Waals surface area contributed by atoms with Gasteiger partial charge in [0.2, 0.25) is 5.91 Å². The number of rotatable bonds is 3. The highest BCUT2D eigenvalue weighted by molar-refractivity contribution is 6.38. The van der Waals surface area contributed by atoms with E-state index >= 15 is 0 Å². The van der Waals surface area contributed by atoms with Gasteiger partial charge in [-0.2, -0.15) is 0 Å². The first-order chi connectivity index (χ1) is 13.8. The lowest BCUT2D eigenvalue weighted by molar-refractivity contribution is -0.122. The van der Waals surface area contributed by atoms with Gasteiger partial charge in [0.1, 0.15) is 0 Å². The molecule has 1 atom stereocenters. The van der Waals surface area contributed by atoms with Crippen molar-refractivity contribution >= 4 is 46.2 Å². The largest absolute Gasteiger partial charge is 0.337 e. The second-order valence-corrected chi connectivity index (χ2v) is 7.99. The van der Waals surface area contributed by atoms with E-state index in [0.717, 1.165) is 11.0 Å². The molecule has 1 saturated heterocycles. The van der Waals surface area contributed by atoms with Gasteiger partial charge in [-0.05, 0) is 43.7 Å². The van der Waals surface area contributed by atoms with Crippen molar-refractivity contribution in [3.05, 3.63) is 62.5 Å². The molecule has 0 aliphatic carbocycles. The van der Waals surface area contributed by atoms with Crippen LogP contribution < -0.4 is 16.2 Å². The quantitative estimate of drug-likeness (QED) is 0.662. The summed E-state index contributed by atoms with van der Waals surface area (Å²) in [6.07, 6.45) is 1.81. The molecule has 1 aliphatic rings. The maximum Gasteiger partial charge on any atom is 0.321 e. The van der Waals surface area contributed by atoms with Crippen LogP contribution in [0.3, 0.4) is 0 Å². The number of halogens is 2. The monoisotopic (exact) mass is 432 g/mol. The molecule has 1 aliphatic heterocycles. The normalized spacial score (nSPS) is 16.9. The average Bonchev–Trinajstić information content (AvgIpc) is 3.04. The summed E-state index contributed by atoms with van der Waals surface area (Å²) in [5.74, 6) is -0.981. The fraction of sp³-hybridized carbons (Fsp3) is 0.250. The van der Waals surface area contributed by atoms with E-state index < -0.39 is 17.9 Å². The van der Waals surface area contributed by atoms with Crippen molar-refractivity contribution in [3.8, 4) is 5.69 Å². The fourth-order valence-corrected chi connectivity index (χ4v) is 4.38. The van der Waals surface area contributed by atoms with Crippen LogP contribution in [0.4, 0.5) is 4.79 Å². The van der Waals surface area contributed by atoms with Crippen LogP contribution in [0.25, 0.3) is 16.7 Å². The summed E-state index contributed by atoms with van der Waals surface area (Å²) in [4.78, 5) is 35.7. The van der Waals surface area contributed by atoms with Gasteiger partial charge in [-0.25, -0.2) is 4.79 Å². The van der Waals surface area contributed by atoms with E-state index in [2.05, 4.69) is 10.6 Å².